The summed E-state index contributed by atoms with van der Waals surface area (Å²) in [5.74, 6) is 0. The van der Waals surface area contributed by atoms with Gasteiger partial charge in [0.05, 0.1) is 0 Å². The van der Waals surface area contributed by atoms with Crippen molar-refractivity contribution in [2.24, 2.45) is 10.8 Å². The Balaban J connectivity index is 0.000000315. The van der Waals surface area contributed by atoms with Crippen molar-refractivity contribution in [2.45, 2.75) is 54.9 Å². The van der Waals surface area contributed by atoms with Crippen molar-refractivity contribution in [2.75, 3.05) is 6.16 Å². The smallest absolute Gasteiger partial charge is 0.324 e. The van der Waals surface area contributed by atoms with Gasteiger partial charge in [-0.15, -0.1) is 0 Å². The zero-order valence-electron chi connectivity index (χ0n) is 14.3. The molecule has 0 saturated carbocycles. The third kappa shape index (κ3) is 4.95. The van der Waals surface area contributed by atoms with Crippen LogP contribution in [0.3, 0.4) is 0 Å². The number of rotatable bonds is 1. The van der Waals surface area contributed by atoms with E-state index in [0.717, 1.165) is 0 Å². The highest BCUT2D eigenvalue weighted by molar-refractivity contribution is 7.51. The molecule has 0 radical (unpaired) electrons. The molecular weight excluding hydrogens is 283 g/mol. The van der Waals surface area contributed by atoms with Crippen molar-refractivity contribution in [1.82, 2.24) is 0 Å². The van der Waals surface area contributed by atoms with Gasteiger partial charge in [0, 0.05) is 6.16 Å². The summed E-state index contributed by atoms with van der Waals surface area (Å²) in [6.07, 6.45) is 5.90. The number of hydrogen-bond acceptors (Lipinski definition) is 1. The van der Waals surface area contributed by atoms with Crippen LogP contribution in [-0.4, -0.2) is 15.9 Å². The summed E-state index contributed by atoms with van der Waals surface area (Å²) in [6.45, 7) is 15.3. The van der Waals surface area contributed by atoms with Crippen LogP contribution in [0.5, 0.6) is 0 Å². The number of fused-ring (bicyclic) bond motifs is 2. The molecule has 2 rings (SSSR count). The molecule has 2 aliphatic rings. The molecule has 3 nitrogen and oxygen atoms in total. The largest absolute Gasteiger partial charge is 0.325 e. The Bertz CT molecular complexity index is 546. The van der Waals surface area contributed by atoms with E-state index in [1.165, 1.54) is 18.9 Å². The van der Waals surface area contributed by atoms with Crippen LogP contribution < -0.4 is 0 Å². The van der Waals surface area contributed by atoms with Crippen molar-refractivity contribution < 1.29 is 14.4 Å². The van der Waals surface area contributed by atoms with E-state index in [0.29, 0.717) is 10.8 Å². The maximum absolute atomic E-state index is 9.69. The molecule has 0 spiro atoms. The fourth-order valence-electron chi connectivity index (χ4n) is 2.57. The highest BCUT2D eigenvalue weighted by Crippen LogP contribution is 2.50. The molecule has 0 amide bonds. The molecule has 0 aromatic heterocycles. The molecular formula is C17H29O3P. The average Bonchev–Trinajstić information content (AvgIpc) is 2.86. The minimum Gasteiger partial charge on any atom is -0.324 e. The second-order valence-electron chi connectivity index (χ2n) is 7.83. The first-order valence-electron chi connectivity index (χ1n) is 7.47. The molecule has 2 bridgehead atoms. The van der Waals surface area contributed by atoms with Crippen molar-refractivity contribution in [1.29, 1.82) is 0 Å². The predicted molar refractivity (Wildman–Crippen MR) is 89.3 cm³/mol. The van der Waals surface area contributed by atoms with E-state index in [4.69, 9.17) is 9.79 Å². The molecule has 0 atom stereocenters. The normalized spacial score (nSPS) is 18.3. The van der Waals surface area contributed by atoms with E-state index in [9.17, 15) is 4.57 Å². The van der Waals surface area contributed by atoms with Crippen LogP contribution in [0.2, 0.25) is 0 Å². The maximum Gasteiger partial charge on any atom is 0.325 e. The third-order valence-electron chi connectivity index (χ3n) is 3.72. The molecule has 4 heteroatoms. The van der Waals surface area contributed by atoms with E-state index < -0.39 is 7.60 Å². The Hall–Kier alpha value is -0.630. The van der Waals surface area contributed by atoms with Crippen LogP contribution >= 0.6 is 7.60 Å². The highest BCUT2D eigenvalue weighted by atomic mass is 31.2. The second-order valence-corrected chi connectivity index (χ2v) is 9.79. The third-order valence-corrected chi connectivity index (χ3v) is 4.54. The molecule has 120 valence electrons. The lowest BCUT2D eigenvalue weighted by Gasteiger charge is -2.28. The molecule has 0 fully saturated rings. The molecule has 2 N–H and O–H groups in total. The van der Waals surface area contributed by atoms with Gasteiger partial charge in [0.2, 0.25) is 0 Å². The summed E-state index contributed by atoms with van der Waals surface area (Å²) in [5.41, 5.74) is 6.82. The van der Waals surface area contributed by atoms with Crippen LogP contribution in [0.15, 0.2) is 34.4 Å². The Morgan fingerprint density at radius 3 is 1.81 bits per heavy atom. The molecule has 2 aliphatic carbocycles. The van der Waals surface area contributed by atoms with Gasteiger partial charge in [-0.05, 0) is 39.5 Å². The standard InChI is InChI=1S/C15H22.C2H7O3P/c1-14(2,3)12-8-10-7-11(12)13(9-10)15(4,5)6;1-2-6(3,4)5/h8-9H,7H2,1-6H3;2H2,1H3,(H2,3,4,5). The summed E-state index contributed by atoms with van der Waals surface area (Å²) < 4.78 is 9.69. The lowest BCUT2D eigenvalue weighted by atomic mass is 9.76. The van der Waals surface area contributed by atoms with Gasteiger partial charge in [0.1, 0.15) is 0 Å². The molecule has 0 aromatic carbocycles. The van der Waals surface area contributed by atoms with Gasteiger partial charge >= 0.3 is 7.60 Å². The van der Waals surface area contributed by atoms with E-state index in [1.54, 1.807) is 16.7 Å². The molecule has 21 heavy (non-hydrogen) atoms. The van der Waals surface area contributed by atoms with Gasteiger partial charge in [0.25, 0.3) is 0 Å². The maximum atomic E-state index is 9.69. The monoisotopic (exact) mass is 312 g/mol. The zero-order chi connectivity index (χ0) is 16.6. The SMILES string of the molecule is CC(C)(C)C1=CC2=CC(C(C)(C)C)=C1C2.CCP(=O)(O)O. The second kappa shape index (κ2) is 5.87. The molecule has 0 aliphatic heterocycles. The van der Waals surface area contributed by atoms with E-state index >= 15 is 0 Å². The number of hydrogen-bond donors (Lipinski definition) is 2. The Morgan fingerprint density at radius 1 is 1.05 bits per heavy atom. The highest BCUT2D eigenvalue weighted by Gasteiger charge is 2.34. The summed E-state index contributed by atoms with van der Waals surface area (Å²) in [4.78, 5) is 15.9. The van der Waals surface area contributed by atoms with Gasteiger partial charge in [-0.1, -0.05) is 60.6 Å². The molecule has 0 saturated heterocycles. The predicted octanol–water partition coefficient (Wildman–Crippen LogP) is 4.83. The van der Waals surface area contributed by atoms with Crippen LogP contribution in [0.4, 0.5) is 0 Å². The van der Waals surface area contributed by atoms with Gasteiger partial charge in [-0.25, -0.2) is 0 Å². The van der Waals surface area contributed by atoms with Crippen molar-refractivity contribution >= 4 is 7.60 Å². The summed E-state index contributed by atoms with van der Waals surface area (Å²) >= 11 is 0. The lowest BCUT2D eigenvalue weighted by molar-refractivity contribution is 0.375. The van der Waals surface area contributed by atoms with E-state index in [1.807, 2.05) is 0 Å². The topological polar surface area (TPSA) is 57.5 Å². The minimum atomic E-state index is -3.65. The van der Waals surface area contributed by atoms with Gasteiger partial charge in [-0.2, -0.15) is 0 Å². The Morgan fingerprint density at radius 2 is 1.52 bits per heavy atom. The quantitative estimate of drug-likeness (QED) is 0.682. The van der Waals surface area contributed by atoms with Crippen molar-refractivity contribution in [3.63, 3.8) is 0 Å². The minimum absolute atomic E-state index is 0.0625. The summed E-state index contributed by atoms with van der Waals surface area (Å²) in [5, 5.41) is 0. The van der Waals surface area contributed by atoms with Gasteiger partial charge in [0.15, 0.2) is 0 Å². The number of allylic oxidation sites excluding steroid dienone is 6. The Labute approximate surface area is 129 Å². The fraction of sp³-hybridized carbons (Fsp3) is 0.647. The zero-order valence-corrected chi connectivity index (χ0v) is 15.2. The summed E-state index contributed by atoms with van der Waals surface area (Å²) in [7, 11) is -3.65. The Kier molecular flexibility index (Phi) is 5.15. The summed E-state index contributed by atoms with van der Waals surface area (Å²) in [6, 6.07) is 0. The van der Waals surface area contributed by atoms with Crippen LogP contribution in [0.1, 0.15) is 54.9 Å². The van der Waals surface area contributed by atoms with Crippen molar-refractivity contribution in [3.8, 4) is 0 Å². The van der Waals surface area contributed by atoms with Gasteiger partial charge < -0.3 is 9.79 Å². The first-order valence-corrected chi connectivity index (χ1v) is 9.27. The van der Waals surface area contributed by atoms with Crippen LogP contribution in [-0.2, 0) is 4.57 Å². The molecule has 0 aromatic rings. The lowest BCUT2D eigenvalue weighted by Crippen LogP contribution is -2.15. The van der Waals surface area contributed by atoms with Crippen LogP contribution in [0.25, 0.3) is 0 Å². The fourth-order valence-corrected chi connectivity index (χ4v) is 2.57. The molecule has 0 heterocycles. The first-order chi connectivity index (χ1) is 9.25. The van der Waals surface area contributed by atoms with Gasteiger partial charge in [-0.3, -0.25) is 4.57 Å². The molecule has 0 unspecified atom stereocenters. The first kappa shape index (κ1) is 18.4. The average molecular weight is 312 g/mol. The van der Waals surface area contributed by atoms with Crippen molar-refractivity contribution in [3.05, 3.63) is 34.4 Å². The van der Waals surface area contributed by atoms with E-state index in [2.05, 4.69) is 53.7 Å². The van der Waals surface area contributed by atoms with Crippen LogP contribution in [0, 0.1) is 10.8 Å². The van der Waals surface area contributed by atoms with E-state index in [-0.39, 0.29) is 6.16 Å².